The zero-order valence-corrected chi connectivity index (χ0v) is 15.3. The summed E-state index contributed by atoms with van der Waals surface area (Å²) in [5.74, 6) is 0. The zero-order valence-electron chi connectivity index (χ0n) is 13.7. The van der Waals surface area contributed by atoms with Crippen LogP contribution in [0.3, 0.4) is 0 Å². The number of piperidine rings is 1. The van der Waals surface area contributed by atoms with E-state index in [1.54, 1.807) is 0 Å². The lowest BCUT2D eigenvalue weighted by molar-refractivity contribution is 0.125. The van der Waals surface area contributed by atoms with Crippen LogP contribution in [0, 0.1) is 0 Å². The van der Waals surface area contributed by atoms with E-state index in [-0.39, 0.29) is 18.2 Å². The molecular formula is C17H22ClN3O2S. The summed E-state index contributed by atoms with van der Waals surface area (Å²) >= 11 is 11.7. The van der Waals surface area contributed by atoms with Crippen molar-refractivity contribution < 1.29 is 9.53 Å². The van der Waals surface area contributed by atoms with Crippen molar-refractivity contribution in [3.63, 3.8) is 0 Å². The van der Waals surface area contributed by atoms with E-state index in [9.17, 15) is 4.79 Å². The Kier molecular flexibility index (Phi) is 5.46. The lowest BCUT2D eigenvalue weighted by atomic mass is 10.0. The Morgan fingerprint density at radius 2 is 2.08 bits per heavy atom. The Balaban J connectivity index is 1.48. The van der Waals surface area contributed by atoms with E-state index in [0.29, 0.717) is 13.2 Å². The quantitative estimate of drug-likeness (QED) is 0.832. The van der Waals surface area contributed by atoms with Gasteiger partial charge in [0.1, 0.15) is 6.61 Å². The van der Waals surface area contributed by atoms with Crippen molar-refractivity contribution in [1.82, 2.24) is 15.1 Å². The highest BCUT2D eigenvalue weighted by Crippen LogP contribution is 2.23. The van der Waals surface area contributed by atoms with Gasteiger partial charge in [-0.25, -0.2) is 4.79 Å². The molecule has 1 unspecified atom stereocenters. The van der Waals surface area contributed by atoms with Gasteiger partial charge in [-0.05, 0) is 43.6 Å². The molecule has 2 aliphatic heterocycles. The lowest BCUT2D eigenvalue weighted by Crippen LogP contribution is -2.51. The largest absolute Gasteiger partial charge is 0.447 e. The number of hydrogen-bond donors (Lipinski definition) is 1. The molecule has 1 amide bonds. The number of carbonyl (C=O) groups is 1. The van der Waals surface area contributed by atoms with Crippen LogP contribution in [0.2, 0.25) is 5.02 Å². The molecule has 130 valence electrons. The van der Waals surface area contributed by atoms with Crippen molar-refractivity contribution in [1.29, 1.82) is 0 Å². The van der Waals surface area contributed by atoms with Crippen LogP contribution in [0.15, 0.2) is 24.3 Å². The number of halogens is 1. The first-order valence-electron chi connectivity index (χ1n) is 8.27. The van der Waals surface area contributed by atoms with Gasteiger partial charge in [-0.1, -0.05) is 29.8 Å². The van der Waals surface area contributed by atoms with Gasteiger partial charge in [0.15, 0.2) is 5.11 Å². The number of hydrogen-bond acceptors (Lipinski definition) is 3. The summed E-state index contributed by atoms with van der Waals surface area (Å²) in [6, 6.07) is 8.16. The van der Waals surface area contributed by atoms with Crippen LogP contribution in [0.1, 0.15) is 25.3 Å². The van der Waals surface area contributed by atoms with Crippen LogP contribution in [-0.2, 0) is 11.3 Å². The average molecular weight is 368 g/mol. The fourth-order valence-corrected chi connectivity index (χ4v) is 3.76. The zero-order chi connectivity index (χ0) is 17.1. The highest BCUT2D eigenvalue weighted by atomic mass is 35.5. The number of rotatable bonds is 3. The van der Waals surface area contributed by atoms with E-state index in [0.717, 1.165) is 41.6 Å². The smallest absolute Gasteiger partial charge is 0.410 e. The summed E-state index contributed by atoms with van der Waals surface area (Å²) in [6.45, 7) is 4.84. The average Bonchev–Trinajstić information content (AvgIpc) is 2.93. The van der Waals surface area contributed by atoms with E-state index < -0.39 is 0 Å². The van der Waals surface area contributed by atoms with Crippen molar-refractivity contribution in [2.75, 3.05) is 19.7 Å². The van der Waals surface area contributed by atoms with Gasteiger partial charge in [-0.2, -0.15) is 0 Å². The summed E-state index contributed by atoms with van der Waals surface area (Å²) in [5, 5.41) is 4.76. The second-order valence-corrected chi connectivity index (χ2v) is 7.10. The maximum absolute atomic E-state index is 11.8. The number of amides is 1. The maximum Gasteiger partial charge on any atom is 0.410 e. The summed E-state index contributed by atoms with van der Waals surface area (Å²) in [7, 11) is 0. The molecule has 0 radical (unpaired) electrons. The molecule has 1 atom stereocenters. The number of thiocarbonyl (C=S) groups is 1. The molecule has 2 aliphatic rings. The van der Waals surface area contributed by atoms with Crippen LogP contribution in [0.25, 0.3) is 0 Å². The number of benzene rings is 1. The molecular weight excluding hydrogens is 346 g/mol. The molecule has 0 spiro atoms. The molecule has 0 aliphatic carbocycles. The first kappa shape index (κ1) is 17.3. The minimum Gasteiger partial charge on any atom is -0.447 e. The summed E-state index contributed by atoms with van der Waals surface area (Å²) in [4.78, 5) is 15.9. The molecule has 2 fully saturated rings. The minimum absolute atomic E-state index is 0.166. The van der Waals surface area contributed by atoms with E-state index in [1.807, 2.05) is 36.1 Å². The number of ether oxygens (including phenoxy) is 1. The first-order chi connectivity index (χ1) is 11.6. The highest BCUT2D eigenvalue weighted by molar-refractivity contribution is 7.80. The van der Waals surface area contributed by atoms with Gasteiger partial charge in [-0.15, -0.1) is 0 Å². The molecule has 2 heterocycles. The Morgan fingerprint density at radius 1 is 1.38 bits per heavy atom. The number of likely N-dealkylation sites (tertiary alicyclic amines) is 1. The Labute approximate surface area is 152 Å². The summed E-state index contributed by atoms with van der Waals surface area (Å²) < 4.78 is 5.13. The lowest BCUT2D eigenvalue weighted by Gasteiger charge is -2.38. The third-order valence-corrected chi connectivity index (χ3v) is 5.44. The topological polar surface area (TPSA) is 44.8 Å². The van der Waals surface area contributed by atoms with Crippen LogP contribution < -0.4 is 5.32 Å². The minimum atomic E-state index is -0.180. The fraction of sp³-hybridized carbons (Fsp3) is 0.529. The molecule has 3 rings (SSSR count). The number of nitrogens with zero attached hydrogens (tertiary/aromatic N) is 2. The molecule has 0 bridgehead atoms. The van der Waals surface area contributed by atoms with E-state index in [2.05, 4.69) is 10.2 Å². The Morgan fingerprint density at radius 3 is 2.71 bits per heavy atom. The molecule has 1 aromatic rings. The van der Waals surface area contributed by atoms with Crippen molar-refractivity contribution in [2.45, 2.75) is 38.4 Å². The van der Waals surface area contributed by atoms with Crippen LogP contribution in [-0.4, -0.2) is 52.8 Å². The van der Waals surface area contributed by atoms with E-state index in [1.165, 1.54) is 0 Å². The molecule has 24 heavy (non-hydrogen) atoms. The normalized spacial score (nSPS) is 21.8. The van der Waals surface area contributed by atoms with Crippen molar-refractivity contribution in [3.05, 3.63) is 34.9 Å². The molecule has 1 aromatic carbocycles. The predicted molar refractivity (Wildman–Crippen MR) is 98.1 cm³/mol. The van der Waals surface area contributed by atoms with Gasteiger partial charge in [0.05, 0.1) is 6.04 Å². The highest BCUT2D eigenvalue weighted by Gasteiger charge is 2.37. The van der Waals surface area contributed by atoms with Crippen LogP contribution in [0.5, 0.6) is 0 Å². The van der Waals surface area contributed by atoms with Gasteiger partial charge in [0.2, 0.25) is 0 Å². The molecule has 1 N–H and O–H groups in total. The Bertz CT molecular complexity index is 620. The van der Waals surface area contributed by atoms with Gasteiger partial charge in [0, 0.05) is 30.7 Å². The van der Waals surface area contributed by atoms with Crippen molar-refractivity contribution >= 4 is 35.0 Å². The van der Waals surface area contributed by atoms with Gasteiger partial charge >= 0.3 is 6.09 Å². The molecule has 5 nitrogen and oxygen atoms in total. The third kappa shape index (κ3) is 3.75. The standard InChI is InChI=1S/C17H22ClN3O2S/c1-12-11-23-17(22)21(12)14-6-8-20(9-7-14)16(24)19-10-13-4-2-3-5-15(13)18/h2-5,12,14H,6-11H2,1H3,(H,19,24). The predicted octanol–water partition coefficient (Wildman–Crippen LogP) is 3.02. The second-order valence-electron chi connectivity index (χ2n) is 6.30. The molecule has 7 heteroatoms. The van der Waals surface area contributed by atoms with Gasteiger partial charge < -0.3 is 15.0 Å². The summed E-state index contributed by atoms with van der Waals surface area (Å²) in [5.41, 5.74) is 1.03. The number of carbonyl (C=O) groups excluding carboxylic acids is 1. The van der Waals surface area contributed by atoms with Crippen LogP contribution in [0.4, 0.5) is 4.79 Å². The van der Waals surface area contributed by atoms with Crippen LogP contribution >= 0.6 is 23.8 Å². The van der Waals surface area contributed by atoms with Crippen molar-refractivity contribution in [3.8, 4) is 0 Å². The summed E-state index contributed by atoms with van der Waals surface area (Å²) in [6.07, 6.45) is 1.64. The molecule has 0 aromatic heterocycles. The SMILES string of the molecule is CC1COC(=O)N1C1CCN(C(=S)NCc2ccccc2Cl)CC1. The molecule has 2 saturated heterocycles. The van der Waals surface area contributed by atoms with E-state index >= 15 is 0 Å². The first-order valence-corrected chi connectivity index (χ1v) is 9.06. The van der Waals surface area contributed by atoms with E-state index in [4.69, 9.17) is 28.6 Å². The fourth-order valence-electron chi connectivity index (χ4n) is 3.31. The van der Waals surface area contributed by atoms with Gasteiger partial charge in [0.25, 0.3) is 0 Å². The monoisotopic (exact) mass is 367 g/mol. The Hall–Kier alpha value is -1.53. The van der Waals surface area contributed by atoms with Gasteiger partial charge in [-0.3, -0.25) is 4.90 Å². The maximum atomic E-state index is 11.8. The second kappa shape index (κ2) is 7.57. The van der Waals surface area contributed by atoms with Crippen molar-refractivity contribution in [2.24, 2.45) is 0 Å². The third-order valence-electron chi connectivity index (χ3n) is 4.67. The molecule has 0 saturated carbocycles. The number of nitrogens with one attached hydrogen (secondary N) is 1. The number of cyclic esters (lactones) is 1.